The lowest BCUT2D eigenvalue weighted by Crippen LogP contribution is -2.14. The molecule has 3 nitrogen and oxygen atoms in total. The fourth-order valence-corrected chi connectivity index (χ4v) is 2.50. The SMILES string of the molecule is CCCOC(=O)c1c(C)c(C)nc2c(F)cc(C(C)(C)C)cc12. The predicted molar refractivity (Wildman–Crippen MR) is 90.4 cm³/mol. The topological polar surface area (TPSA) is 39.2 Å². The molecular weight excluding hydrogens is 293 g/mol. The maximum Gasteiger partial charge on any atom is 0.339 e. The Kier molecular flexibility index (Phi) is 4.73. The van der Waals surface area contributed by atoms with E-state index in [0.717, 1.165) is 17.5 Å². The second-order valence-electron chi connectivity index (χ2n) is 6.94. The number of hydrogen-bond donors (Lipinski definition) is 0. The summed E-state index contributed by atoms with van der Waals surface area (Å²) in [4.78, 5) is 16.8. The Labute approximate surface area is 136 Å². The van der Waals surface area contributed by atoms with Gasteiger partial charge in [-0.3, -0.25) is 0 Å². The number of nitrogens with zero attached hydrogens (tertiary/aromatic N) is 1. The van der Waals surface area contributed by atoms with E-state index >= 15 is 0 Å². The van der Waals surface area contributed by atoms with Gasteiger partial charge in [-0.05, 0) is 48.9 Å². The van der Waals surface area contributed by atoms with Crippen LogP contribution in [0.1, 0.15) is 61.3 Å². The summed E-state index contributed by atoms with van der Waals surface area (Å²) in [5, 5.41) is 0.527. The van der Waals surface area contributed by atoms with Crippen LogP contribution in [0.4, 0.5) is 4.39 Å². The van der Waals surface area contributed by atoms with E-state index in [4.69, 9.17) is 4.74 Å². The third kappa shape index (κ3) is 3.36. The van der Waals surface area contributed by atoms with E-state index in [9.17, 15) is 9.18 Å². The van der Waals surface area contributed by atoms with Crippen molar-refractivity contribution in [3.63, 3.8) is 0 Å². The highest BCUT2D eigenvalue weighted by Crippen LogP contribution is 2.31. The first-order valence-corrected chi connectivity index (χ1v) is 7.94. The maximum atomic E-state index is 14.6. The van der Waals surface area contributed by atoms with E-state index < -0.39 is 11.8 Å². The van der Waals surface area contributed by atoms with Gasteiger partial charge in [0.2, 0.25) is 0 Å². The second kappa shape index (κ2) is 6.26. The minimum Gasteiger partial charge on any atom is -0.462 e. The van der Waals surface area contributed by atoms with Gasteiger partial charge in [0.15, 0.2) is 0 Å². The molecule has 0 saturated carbocycles. The van der Waals surface area contributed by atoms with Gasteiger partial charge in [0.1, 0.15) is 11.3 Å². The standard InChI is InChI=1S/C19H24FNO2/c1-7-8-23-18(22)16-11(2)12(3)21-17-14(16)9-13(10-15(17)20)19(4,5)6/h9-10H,7-8H2,1-6H3. The summed E-state index contributed by atoms with van der Waals surface area (Å²) in [7, 11) is 0. The summed E-state index contributed by atoms with van der Waals surface area (Å²) in [5.74, 6) is -0.814. The van der Waals surface area contributed by atoms with Crippen molar-refractivity contribution in [3.8, 4) is 0 Å². The third-order valence-corrected chi connectivity index (χ3v) is 4.04. The quantitative estimate of drug-likeness (QED) is 0.759. The summed E-state index contributed by atoms with van der Waals surface area (Å²) in [6.07, 6.45) is 0.744. The number of aryl methyl sites for hydroxylation is 1. The van der Waals surface area contributed by atoms with Gasteiger partial charge in [-0.25, -0.2) is 14.2 Å². The summed E-state index contributed by atoms with van der Waals surface area (Å²) < 4.78 is 19.9. The van der Waals surface area contributed by atoms with Crippen LogP contribution < -0.4 is 0 Å². The number of carbonyl (C=O) groups is 1. The second-order valence-corrected chi connectivity index (χ2v) is 6.94. The number of halogens is 1. The minimum atomic E-state index is -0.412. The van der Waals surface area contributed by atoms with Crippen molar-refractivity contribution in [2.75, 3.05) is 6.61 Å². The number of hydrogen-bond acceptors (Lipinski definition) is 3. The van der Waals surface area contributed by atoms with E-state index in [1.54, 1.807) is 6.92 Å². The smallest absolute Gasteiger partial charge is 0.339 e. The number of esters is 1. The van der Waals surface area contributed by atoms with E-state index in [2.05, 4.69) is 4.98 Å². The minimum absolute atomic E-state index is 0.224. The van der Waals surface area contributed by atoms with Crippen molar-refractivity contribution in [1.82, 2.24) is 4.98 Å². The number of rotatable bonds is 3. The lowest BCUT2D eigenvalue weighted by atomic mass is 9.85. The fraction of sp³-hybridized carbons (Fsp3) is 0.474. The first kappa shape index (κ1) is 17.4. The molecule has 23 heavy (non-hydrogen) atoms. The monoisotopic (exact) mass is 317 g/mol. The zero-order valence-electron chi connectivity index (χ0n) is 14.7. The number of fused-ring (bicyclic) bond motifs is 1. The molecule has 124 valence electrons. The lowest BCUT2D eigenvalue weighted by molar-refractivity contribution is 0.0506. The van der Waals surface area contributed by atoms with Crippen LogP contribution in [-0.2, 0) is 10.2 Å². The van der Waals surface area contributed by atoms with Crippen LogP contribution in [0.2, 0.25) is 0 Å². The van der Waals surface area contributed by atoms with Gasteiger partial charge in [-0.2, -0.15) is 0 Å². The van der Waals surface area contributed by atoms with Crippen molar-refractivity contribution in [2.24, 2.45) is 0 Å². The molecule has 0 radical (unpaired) electrons. The van der Waals surface area contributed by atoms with Crippen molar-refractivity contribution >= 4 is 16.9 Å². The molecule has 0 bridgehead atoms. The van der Waals surface area contributed by atoms with Crippen LogP contribution in [-0.4, -0.2) is 17.6 Å². The molecule has 0 atom stereocenters. The number of carbonyl (C=O) groups excluding carboxylic acids is 1. The molecule has 0 aliphatic carbocycles. The summed E-state index contributed by atoms with van der Waals surface area (Å²) in [6, 6.07) is 3.37. The molecule has 1 heterocycles. The summed E-state index contributed by atoms with van der Waals surface area (Å²) in [5.41, 5.74) is 2.64. The normalized spacial score (nSPS) is 11.8. The van der Waals surface area contributed by atoms with Crippen LogP contribution >= 0.6 is 0 Å². The largest absolute Gasteiger partial charge is 0.462 e. The third-order valence-electron chi connectivity index (χ3n) is 4.04. The van der Waals surface area contributed by atoms with Crippen molar-refractivity contribution in [3.05, 3.63) is 40.3 Å². The molecule has 0 saturated heterocycles. The van der Waals surface area contributed by atoms with Crippen molar-refractivity contribution < 1.29 is 13.9 Å². The van der Waals surface area contributed by atoms with E-state index in [0.29, 0.717) is 23.3 Å². The van der Waals surface area contributed by atoms with Crippen molar-refractivity contribution in [2.45, 2.75) is 53.4 Å². The molecule has 0 N–H and O–H groups in total. The Morgan fingerprint density at radius 1 is 1.26 bits per heavy atom. The molecule has 0 aliphatic heterocycles. The molecule has 0 fully saturated rings. The predicted octanol–water partition coefficient (Wildman–Crippen LogP) is 4.86. The zero-order valence-corrected chi connectivity index (χ0v) is 14.7. The average molecular weight is 317 g/mol. The Morgan fingerprint density at radius 3 is 2.48 bits per heavy atom. The highest BCUT2D eigenvalue weighted by Gasteiger charge is 2.23. The highest BCUT2D eigenvalue weighted by molar-refractivity contribution is 6.05. The Hall–Kier alpha value is -1.97. The zero-order chi connectivity index (χ0) is 17.4. The summed E-state index contributed by atoms with van der Waals surface area (Å²) >= 11 is 0. The molecule has 4 heteroatoms. The van der Waals surface area contributed by atoms with Gasteiger partial charge in [0, 0.05) is 11.1 Å². The lowest BCUT2D eigenvalue weighted by Gasteiger charge is -2.21. The van der Waals surface area contributed by atoms with Gasteiger partial charge < -0.3 is 4.74 Å². The van der Waals surface area contributed by atoms with Crippen LogP contribution in [0.3, 0.4) is 0 Å². The van der Waals surface area contributed by atoms with Gasteiger partial charge in [0.25, 0.3) is 0 Å². The van der Waals surface area contributed by atoms with Gasteiger partial charge in [-0.15, -0.1) is 0 Å². The first-order chi connectivity index (χ1) is 10.7. The molecule has 2 aromatic rings. The van der Waals surface area contributed by atoms with E-state index in [1.807, 2.05) is 40.7 Å². The van der Waals surface area contributed by atoms with Crippen LogP contribution in [0.15, 0.2) is 12.1 Å². The highest BCUT2D eigenvalue weighted by atomic mass is 19.1. The molecule has 0 unspecified atom stereocenters. The maximum absolute atomic E-state index is 14.6. The summed E-state index contributed by atoms with van der Waals surface area (Å²) in [6.45, 7) is 11.9. The number of ether oxygens (including phenoxy) is 1. The Morgan fingerprint density at radius 2 is 1.91 bits per heavy atom. The first-order valence-electron chi connectivity index (χ1n) is 7.94. The number of benzene rings is 1. The van der Waals surface area contributed by atoms with E-state index in [1.165, 1.54) is 6.07 Å². The number of aromatic nitrogens is 1. The Bertz CT molecular complexity index is 760. The molecular formula is C19H24FNO2. The molecule has 0 spiro atoms. The average Bonchev–Trinajstić information content (AvgIpc) is 2.46. The molecule has 0 aliphatic rings. The van der Waals surface area contributed by atoms with Crippen molar-refractivity contribution in [1.29, 1.82) is 0 Å². The van der Waals surface area contributed by atoms with Gasteiger partial charge in [0.05, 0.1) is 12.2 Å². The molecule has 0 amide bonds. The number of pyridine rings is 1. The van der Waals surface area contributed by atoms with Gasteiger partial charge >= 0.3 is 5.97 Å². The van der Waals surface area contributed by atoms with Crippen LogP contribution in [0, 0.1) is 19.7 Å². The fourth-order valence-electron chi connectivity index (χ4n) is 2.50. The van der Waals surface area contributed by atoms with Crippen LogP contribution in [0.25, 0.3) is 10.9 Å². The molecule has 2 rings (SSSR count). The van der Waals surface area contributed by atoms with E-state index in [-0.39, 0.29) is 10.9 Å². The van der Waals surface area contributed by atoms with Gasteiger partial charge in [-0.1, -0.05) is 27.7 Å². The molecule has 1 aromatic heterocycles. The van der Waals surface area contributed by atoms with Crippen LogP contribution in [0.5, 0.6) is 0 Å². The Balaban J connectivity index is 2.79. The molecule has 1 aromatic carbocycles.